The van der Waals surface area contributed by atoms with Crippen molar-refractivity contribution in [3.8, 4) is 5.75 Å². The smallest absolute Gasteiger partial charge is 0.265 e. The summed E-state index contributed by atoms with van der Waals surface area (Å²) < 4.78 is 5.85. The van der Waals surface area contributed by atoms with Crippen molar-refractivity contribution in [3.63, 3.8) is 0 Å². The molecule has 2 amide bonds. The molecule has 0 aliphatic heterocycles. The molecular weight excluding hydrogens is 316 g/mol. The van der Waals surface area contributed by atoms with Crippen LogP contribution in [-0.2, 0) is 9.59 Å². The number of anilines is 2. The van der Waals surface area contributed by atoms with Crippen molar-refractivity contribution in [3.05, 3.63) is 54.1 Å². The second kappa shape index (κ2) is 8.33. The van der Waals surface area contributed by atoms with Crippen LogP contribution in [0.15, 0.2) is 48.5 Å². The summed E-state index contributed by atoms with van der Waals surface area (Å²) >= 11 is 0. The van der Waals surface area contributed by atoms with Gasteiger partial charge in [-0.3, -0.25) is 9.59 Å². The summed E-state index contributed by atoms with van der Waals surface area (Å²) in [5.41, 5.74) is 2.40. The van der Waals surface area contributed by atoms with Crippen LogP contribution in [0.1, 0.15) is 39.2 Å². The predicted octanol–water partition coefficient (Wildman–Crippen LogP) is 4.17. The molecular formula is C20H24N2O3. The molecule has 0 unspecified atom stereocenters. The van der Waals surface area contributed by atoms with Gasteiger partial charge in [-0.1, -0.05) is 32.0 Å². The van der Waals surface area contributed by atoms with Gasteiger partial charge in [-0.05, 0) is 48.7 Å². The largest absolute Gasteiger partial charge is 0.481 e. The summed E-state index contributed by atoms with van der Waals surface area (Å²) in [6.45, 7) is 7.34. The van der Waals surface area contributed by atoms with Crippen LogP contribution in [-0.4, -0.2) is 17.9 Å². The van der Waals surface area contributed by atoms with Crippen LogP contribution in [0.3, 0.4) is 0 Å². The van der Waals surface area contributed by atoms with Crippen molar-refractivity contribution < 1.29 is 14.3 Å². The molecule has 0 spiro atoms. The minimum Gasteiger partial charge on any atom is -0.481 e. The van der Waals surface area contributed by atoms with E-state index in [1.165, 1.54) is 6.92 Å². The zero-order valence-corrected chi connectivity index (χ0v) is 15.0. The Kier molecular flexibility index (Phi) is 6.17. The molecule has 0 aliphatic rings. The topological polar surface area (TPSA) is 67.4 Å². The van der Waals surface area contributed by atoms with Crippen molar-refractivity contribution in [1.29, 1.82) is 0 Å². The summed E-state index contributed by atoms with van der Waals surface area (Å²) in [5, 5.41) is 5.50. The van der Waals surface area contributed by atoms with Gasteiger partial charge in [0, 0.05) is 18.3 Å². The number of hydrogen-bond acceptors (Lipinski definition) is 3. The highest BCUT2D eigenvalue weighted by molar-refractivity contribution is 5.94. The van der Waals surface area contributed by atoms with Gasteiger partial charge in [-0.2, -0.15) is 0 Å². The summed E-state index contributed by atoms with van der Waals surface area (Å²) in [5.74, 6) is 0.669. The first-order valence-electron chi connectivity index (χ1n) is 8.31. The number of amides is 2. The van der Waals surface area contributed by atoms with E-state index in [0.29, 0.717) is 17.3 Å². The normalized spacial score (nSPS) is 11.7. The zero-order chi connectivity index (χ0) is 18.4. The van der Waals surface area contributed by atoms with Gasteiger partial charge in [0.25, 0.3) is 5.91 Å². The highest BCUT2D eigenvalue weighted by Gasteiger charge is 2.17. The number of hydrogen-bond donors (Lipinski definition) is 2. The Morgan fingerprint density at radius 3 is 2.00 bits per heavy atom. The lowest BCUT2D eigenvalue weighted by atomic mass is 10.0. The molecule has 1 atom stereocenters. The van der Waals surface area contributed by atoms with E-state index in [1.54, 1.807) is 31.2 Å². The third kappa shape index (κ3) is 5.35. The van der Waals surface area contributed by atoms with Crippen LogP contribution in [0.5, 0.6) is 5.75 Å². The van der Waals surface area contributed by atoms with E-state index >= 15 is 0 Å². The molecule has 2 aromatic carbocycles. The lowest BCUT2D eigenvalue weighted by Crippen LogP contribution is -2.30. The highest BCUT2D eigenvalue weighted by atomic mass is 16.5. The summed E-state index contributed by atoms with van der Waals surface area (Å²) in [6.07, 6.45) is -0.630. The van der Waals surface area contributed by atoms with E-state index in [9.17, 15) is 9.59 Å². The van der Waals surface area contributed by atoms with E-state index in [2.05, 4.69) is 24.5 Å². The van der Waals surface area contributed by atoms with Gasteiger partial charge in [0.05, 0.1) is 0 Å². The molecule has 0 fully saturated rings. The lowest BCUT2D eigenvalue weighted by Gasteiger charge is -2.18. The Morgan fingerprint density at radius 2 is 1.44 bits per heavy atom. The van der Waals surface area contributed by atoms with Gasteiger partial charge >= 0.3 is 0 Å². The maximum Gasteiger partial charge on any atom is 0.265 e. The molecule has 0 aromatic heterocycles. The first-order chi connectivity index (χ1) is 11.9. The lowest BCUT2D eigenvalue weighted by molar-refractivity contribution is -0.122. The van der Waals surface area contributed by atoms with Gasteiger partial charge in [0.1, 0.15) is 5.75 Å². The monoisotopic (exact) mass is 340 g/mol. The van der Waals surface area contributed by atoms with Crippen molar-refractivity contribution in [2.24, 2.45) is 0 Å². The van der Waals surface area contributed by atoms with E-state index in [1.807, 2.05) is 24.3 Å². The number of carbonyl (C=O) groups excluding carboxylic acids is 2. The van der Waals surface area contributed by atoms with Crippen LogP contribution in [0, 0.1) is 0 Å². The first-order valence-corrected chi connectivity index (χ1v) is 8.31. The number of carbonyl (C=O) groups is 2. The Morgan fingerprint density at radius 1 is 0.880 bits per heavy atom. The fourth-order valence-electron chi connectivity index (χ4n) is 2.39. The number of ether oxygens (including phenoxy) is 1. The molecule has 2 N–H and O–H groups in total. The molecule has 5 heteroatoms. The van der Waals surface area contributed by atoms with Gasteiger partial charge in [-0.15, -0.1) is 0 Å². The molecule has 0 saturated carbocycles. The summed E-state index contributed by atoms with van der Waals surface area (Å²) in [6, 6.07) is 14.7. The number of para-hydroxylation sites is 1. The highest BCUT2D eigenvalue weighted by Crippen LogP contribution is 2.27. The summed E-state index contributed by atoms with van der Waals surface area (Å²) in [4.78, 5) is 23.4. The maximum atomic E-state index is 12.4. The van der Waals surface area contributed by atoms with Gasteiger partial charge in [0.2, 0.25) is 5.91 Å². The van der Waals surface area contributed by atoms with Crippen LogP contribution in [0.2, 0.25) is 0 Å². The molecule has 0 bridgehead atoms. The zero-order valence-electron chi connectivity index (χ0n) is 15.0. The second-order valence-electron chi connectivity index (χ2n) is 6.20. The minimum atomic E-state index is -0.630. The fraction of sp³-hybridized carbons (Fsp3) is 0.300. The molecule has 0 heterocycles. The quantitative estimate of drug-likeness (QED) is 0.829. The average Bonchev–Trinajstić information content (AvgIpc) is 2.56. The van der Waals surface area contributed by atoms with Crippen molar-refractivity contribution in [2.45, 2.75) is 39.7 Å². The van der Waals surface area contributed by atoms with E-state index in [0.717, 1.165) is 11.3 Å². The van der Waals surface area contributed by atoms with Crippen LogP contribution in [0.25, 0.3) is 0 Å². The van der Waals surface area contributed by atoms with Crippen LogP contribution < -0.4 is 15.4 Å². The number of nitrogens with one attached hydrogen (secondary N) is 2. The van der Waals surface area contributed by atoms with Gasteiger partial charge in [-0.25, -0.2) is 0 Å². The second-order valence-corrected chi connectivity index (χ2v) is 6.20. The minimum absolute atomic E-state index is 0.136. The molecule has 5 nitrogen and oxygen atoms in total. The van der Waals surface area contributed by atoms with Crippen molar-refractivity contribution >= 4 is 23.2 Å². The van der Waals surface area contributed by atoms with E-state index < -0.39 is 6.10 Å². The number of rotatable bonds is 6. The molecule has 132 valence electrons. The fourth-order valence-corrected chi connectivity index (χ4v) is 2.39. The maximum absolute atomic E-state index is 12.4. The van der Waals surface area contributed by atoms with Crippen LogP contribution in [0.4, 0.5) is 11.4 Å². The third-order valence-electron chi connectivity index (χ3n) is 3.69. The van der Waals surface area contributed by atoms with Crippen molar-refractivity contribution in [1.82, 2.24) is 0 Å². The van der Waals surface area contributed by atoms with Crippen molar-refractivity contribution in [2.75, 3.05) is 10.6 Å². The van der Waals surface area contributed by atoms with E-state index in [-0.39, 0.29) is 11.8 Å². The van der Waals surface area contributed by atoms with E-state index in [4.69, 9.17) is 4.74 Å². The molecule has 2 aromatic rings. The molecule has 0 aliphatic carbocycles. The Bertz CT molecular complexity index is 739. The Balaban J connectivity index is 2.00. The van der Waals surface area contributed by atoms with Gasteiger partial charge in [0.15, 0.2) is 6.10 Å². The van der Waals surface area contributed by atoms with Crippen LogP contribution >= 0.6 is 0 Å². The summed E-state index contributed by atoms with van der Waals surface area (Å²) in [7, 11) is 0. The predicted molar refractivity (Wildman–Crippen MR) is 100.0 cm³/mol. The standard InChI is InChI=1S/C20H24N2O3/c1-13(2)18-7-5-6-8-19(18)25-14(3)20(24)22-17-11-9-16(10-12-17)21-15(4)23/h5-14H,1-4H3,(H,21,23)(H,22,24)/t14-/m0/s1. The number of benzene rings is 2. The molecule has 25 heavy (non-hydrogen) atoms. The first kappa shape index (κ1) is 18.5. The Hall–Kier alpha value is -2.82. The SMILES string of the molecule is CC(=O)Nc1ccc(NC(=O)[C@H](C)Oc2ccccc2C(C)C)cc1. The molecule has 0 radical (unpaired) electrons. The molecule has 0 saturated heterocycles. The Labute approximate surface area is 148 Å². The third-order valence-corrected chi connectivity index (χ3v) is 3.69. The van der Waals surface area contributed by atoms with Gasteiger partial charge < -0.3 is 15.4 Å². The average molecular weight is 340 g/mol. The molecule has 2 rings (SSSR count).